The first kappa shape index (κ1) is 16.5. The van der Waals surface area contributed by atoms with Gasteiger partial charge in [-0.3, -0.25) is 4.79 Å². The second kappa shape index (κ2) is 7.03. The van der Waals surface area contributed by atoms with Gasteiger partial charge in [-0.05, 0) is 31.2 Å². The third-order valence-electron chi connectivity index (χ3n) is 3.24. The van der Waals surface area contributed by atoms with E-state index in [0.29, 0.717) is 33.6 Å². The number of aromatic nitrogens is 3. The Bertz CT molecular complexity index is 893. The molecule has 0 amide bonds. The van der Waals surface area contributed by atoms with Crippen LogP contribution >= 0.6 is 23.2 Å². The van der Waals surface area contributed by atoms with Crippen LogP contribution in [0, 0.1) is 0 Å². The molecule has 0 atom stereocenters. The smallest absolute Gasteiger partial charge is 0.336 e. The Labute approximate surface area is 148 Å². The summed E-state index contributed by atoms with van der Waals surface area (Å²) in [7, 11) is 0. The van der Waals surface area contributed by atoms with E-state index >= 15 is 0 Å². The van der Waals surface area contributed by atoms with Crippen LogP contribution in [0.15, 0.2) is 48.5 Å². The summed E-state index contributed by atoms with van der Waals surface area (Å²) >= 11 is 12.2. The van der Waals surface area contributed by atoms with Gasteiger partial charge in [0.1, 0.15) is 0 Å². The molecule has 0 aliphatic rings. The lowest BCUT2D eigenvalue weighted by atomic mass is 10.2. The molecule has 122 valence electrons. The number of rotatable bonds is 4. The molecule has 5 nitrogen and oxygen atoms in total. The fraction of sp³-hybridized carbons (Fsp3) is 0.118. The Kier molecular flexibility index (Phi) is 4.83. The second-order valence-corrected chi connectivity index (χ2v) is 5.70. The van der Waals surface area contributed by atoms with Gasteiger partial charge in [0, 0.05) is 10.6 Å². The van der Waals surface area contributed by atoms with Crippen molar-refractivity contribution < 1.29 is 9.53 Å². The number of hydrogen-bond acceptors (Lipinski definition) is 4. The van der Waals surface area contributed by atoms with Crippen molar-refractivity contribution in [2.24, 2.45) is 0 Å². The van der Waals surface area contributed by atoms with Gasteiger partial charge in [-0.15, -0.1) is 5.10 Å². The Morgan fingerprint density at radius 1 is 1.17 bits per heavy atom. The lowest BCUT2D eigenvalue weighted by Crippen LogP contribution is -2.15. The van der Waals surface area contributed by atoms with Crippen molar-refractivity contribution in [2.75, 3.05) is 6.61 Å². The average Bonchev–Trinajstić information content (AvgIpc) is 2.99. The standard InChI is InChI=1S/C17H13Cl2N3O2/c1-2-24-17-20-15(11-6-5-7-12(18)10-11)22(21-17)16(23)13-8-3-4-9-14(13)19/h3-10H,2H2,1H3. The van der Waals surface area contributed by atoms with Crippen molar-refractivity contribution in [3.05, 3.63) is 64.1 Å². The zero-order valence-corrected chi connectivity index (χ0v) is 14.3. The molecule has 0 aliphatic heterocycles. The van der Waals surface area contributed by atoms with Gasteiger partial charge in [0.15, 0.2) is 5.82 Å². The van der Waals surface area contributed by atoms with Crippen LogP contribution in [-0.4, -0.2) is 27.3 Å². The van der Waals surface area contributed by atoms with Crippen molar-refractivity contribution in [2.45, 2.75) is 6.92 Å². The van der Waals surface area contributed by atoms with Crippen molar-refractivity contribution in [3.8, 4) is 17.4 Å². The van der Waals surface area contributed by atoms with Gasteiger partial charge in [-0.1, -0.05) is 47.5 Å². The number of ether oxygens (including phenoxy) is 1. The van der Waals surface area contributed by atoms with Crippen molar-refractivity contribution in [1.82, 2.24) is 14.8 Å². The summed E-state index contributed by atoms with van der Waals surface area (Å²) < 4.78 is 6.51. The second-order valence-electron chi connectivity index (χ2n) is 4.86. The predicted octanol–water partition coefficient (Wildman–Crippen LogP) is 4.34. The van der Waals surface area contributed by atoms with Crippen LogP contribution in [0.25, 0.3) is 11.4 Å². The third-order valence-corrected chi connectivity index (χ3v) is 3.81. The van der Waals surface area contributed by atoms with Gasteiger partial charge in [0.05, 0.1) is 17.2 Å². The molecule has 0 fully saturated rings. The average molecular weight is 362 g/mol. The number of carbonyl (C=O) groups excluding carboxylic acids is 1. The molecule has 0 aliphatic carbocycles. The van der Waals surface area contributed by atoms with E-state index in [1.807, 2.05) is 6.92 Å². The molecule has 0 saturated carbocycles. The molecule has 1 aromatic heterocycles. The third kappa shape index (κ3) is 3.27. The first-order chi connectivity index (χ1) is 11.6. The number of hydrogen-bond donors (Lipinski definition) is 0. The normalized spacial score (nSPS) is 10.6. The maximum atomic E-state index is 12.9. The molecular weight excluding hydrogens is 349 g/mol. The topological polar surface area (TPSA) is 57.0 Å². The van der Waals surface area contributed by atoms with Crippen LogP contribution in [0.1, 0.15) is 17.3 Å². The Balaban J connectivity index is 2.13. The minimum Gasteiger partial charge on any atom is -0.463 e. The van der Waals surface area contributed by atoms with E-state index < -0.39 is 5.91 Å². The van der Waals surface area contributed by atoms with Crippen LogP contribution in [0.5, 0.6) is 6.01 Å². The minimum atomic E-state index is -0.394. The molecule has 0 saturated heterocycles. The highest BCUT2D eigenvalue weighted by Gasteiger charge is 2.21. The Hall–Kier alpha value is -2.37. The molecule has 24 heavy (non-hydrogen) atoms. The summed E-state index contributed by atoms with van der Waals surface area (Å²) in [5.41, 5.74) is 0.983. The van der Waals surface area contributed by atoms with Gasteiger partial charge in [-0.25, -0.2) is 0 Å². The summed E-state index contributed by atoms with van der Waals surface area (Å²) in [4.78, 5) is 17.1. The highest BCUT2D eigenvalue weighted by molar-refractivity contribution is 6.34. The van der Waals surface area contributed by atoms with E-state index in [4.69, 9.17) is 27.9 Å². The van der Waals surface area contributed by atoms with Crippen molar-refractivity contribution in [1.29, 1.82) is 0 Å². The quantitative estimate of drug-likeness (QED) is 0.693. The van der Waals surface area contributed by atoms with E-state index in [9.17, 15) is 4.79 Å². The number of benzene rings is 2. The first-order valence-electron chi connectivity index (χ1n) is 7.25. The Morgan fingerprint density at radius 2 is 1.96 bits per heavy atom. The monoisotopic (exact) mass is 361 g/mol. The zero-order valence-electron chi connectivity index (χ0n) is 12.7. The van der Waals surface area contributed by atoms with Crippen LogP contribution in [0.2, 0.25) is 10.0 Å². The summed E-state index contributed by atoms with van der Waals surface area (Å²) in [5.74, 6) is -0.0556. The summed E-state index contributed by atoms with van der Waals surface area (Å²) in [6, 6.07) is 13.9. The van der Waals surface area contributed by atoms with E-state index in [0.717, 1.165) is 0 Å². The summed E-state index contributed by atoms with van der Waals surface area (Å²) in [6.07, 6.45) is 0. The van der Waals surface area contributed by atoms with Gasteiger partial charge >= 0.3 is 6.01 Å². The molecule has 0 spiro atoms. The van der Waals surface area contributed by atoms with Gasteiger partial charge in [-0.2, -0.15) is 9.67 Å². The lowest BCUT2D eigenvalue weighted by molar-refractivity contribution is 0.0945. The predicted molar refractivity (Wildman–Crippen MR) is 92.8 cm³/mol. The van der Waals surface area contributed by atoms with Gasteiger partial charge in [0.25, 0.3) is 5.91 Å². The van der Waals surface area contributed by atoms with E-state index in [1.54, 1.807) is 48.5 Å². The summed E-state index contributed by atoms with van der Waals surface area (Å²) in [5, 5.41) is 5.03. The molecule has 0 bridgehead atoms. The maximum absolute atomic E-state index is 12.9. The molecule has 0 unspecified atom stereocenters. The lowest BCUT2D eigenvalue weighted by Gasteiger charge is -2.06. The fourth-order valence-corrected chi connectivity index (χ4v) is 2.60. The van der Waals surface area contributed by atoms with Crippen LogP contribution in [-0.2, 0) is 0 Å². The number of carbonyl (C=O) groups is 1. The summed E-state index contributed by atoms with van der Waals surface area (Å²) in [6.45, 7) is 2.20. The Morgan fingerprint density at radius 3 is 2.67 bits per heavy atom. The molecule has 3 rings (SSSR count). The van der Waals surface area contributed by atoms with Crippen molar-refractivity contribution in [3.63, 3.8) is 0 Å². The van der Waals surface area contributed by atoms with Gasteiger partial charge < -0.3 is 4.74 Å². The minimum absolute atomic E-state index is 0.118. The fourth-order valence-electron chi connectivity index (χ4n) is 2.19. The van der Waals surface area contributed by atoms with E-state index in [1.165, 1.54) is 4.68 Å². The molecule has 3 aromatic rings. The molecule has 7 heteroatoms. The highest BCUT2D eigenvalue weighted by atomic mass is 35.5. The molecule has 1 heterocycles. The maximum Gasteiger partial charge on any atom is 0.336 e. The number of nitrogens with zero attached hydrogens (tertiary/aromatic N) is 3. The first-order valence-corrected chi connectivity index (χ1v) is 8.00. The van der Waals surface area contributed by atoms with Crippen LogP contribution in [0.3, 0.4) is 0 Å². The SMILES string of the molecule is CCOc1nc(-c2cccc(Cl)c2)n(C(=O)c2ccccc2Cl)n1. The van der Waals surface area contributed by atoms with Crippen molar-refractivity contribution >= 4 is 29.1 Å². The molecular formula is C17H13Cl2N3O2. The van der Waals surface area contributed by atoms with E-state index in [2.05, 4.69) is 10.1 Å². The number of halogens is 2. The van der Waals surface area contributed by atoms with Crippen LogP contribution in [0.4, 0.5) is 0 Å². The molecule has 0 radical (unpaired) electrons. The molecule has 0 N–H and O–H groups in total. The van der Waals surface area contributed by atoms with Crippen LogP contribution < -0.4 is 4.74 Å². The zero-order chi connectivity index (χ0) is 17.1. The van der Waals surface area contributed by atoms with Gasteiger partial charge in [0.2, 0.25) is 0 Å². The van der Waals surface area contributed by atoms with E-state index in [-0.39, 0.29) is 6.01 Å². The largest absolute Gasteiger partial charge is 0.463 e. The molecule has 2 aromatic carbocycles. The highest BCUT2D eigenvalue weighted by Crippen LogP contribution is 2.25.